The van der Waals surface area contributed by atoms with E-state index in [4.69, 9.17) is 14.2 Å². The molecule has 0 saturated carbocycles. The van der Waals surface area contributed by atoms with Gasteiger partial charge in [0.1, 0.15) is 28.7 Å². The quantitative estimate of drug-likeness (QED) is 0.163. The monoisotopic (exact) mass is 614 g/mol. The number of Topliss-reactive ketones (excluding diaryl/α,β-unsaturated/α-hetero) is 2. The molecule has 0 unspecified atom stereocenters. The van der Waals surface area contributed by atoms with Crippen LogP contribution in [0.3, 0.4) is 0 Å². The maximum Gasteiger partial charge on any atom is 0.308 e. The molecule has 1 amide bonds. The summed E-state index contributed by atoms with van der Waals surface area (Å²) in [7, 11) is 2.97. The van der Waals surface area contributed by atoms with Crippen LogP contribution < -0.4 is 19.5 Å². The second-order valence-electron chi connectivity index (χ2n) is 11.5. The number of methoxy groups -OCH3 is 2. The molecule has 46 heavy (non-hydrogen) atoms. The van der Waals surface area contributed by atoms with Crippen molar-refractivity contribution >= 4 is 35.2 Å². The van der Waals surface area contributed by atoms with Crippen molar-refractivity contribution in [2.75, 3.05) is 19.5 Å². The predicted molar refractivity (Wildman–Crippen MR) is 170 cm³/mol. The second kappa shape index (κ2) is 11.0. The lowest BCUT2D eigenvalue weighted by Crippen LogP contribution is -2.49. The van der Waals surface area contributed by atoms with Crippen molar-refractivity contribution in [1.29, 1.82) is 0 Å². The van der Waals surface area contributed by atoms with Gasteiger partial charge in [-0.05, 0) is 71.3 Å². The minimum atomic E-state index is -1.50. The number of ketones is 2. The van der Waals surface area contributed by atoms with Crippen LogP contribution in [0.25, 0.3) is 6.08 Å². The first-order valence-electron chi connectivity index (χ1n) is 14.8. The molecule has 9 nitrogen and oxygen atoms in total. The van der Waals surface area contributed by atoms with Gasteiger partial charge in [-0.1, -0.05) is 42.5 Å². The average molecular weight is 615 g/mol. The van der Waals surface area contributed by atoms with E-state index in [9.17, 15) is 14.4 Å². The Kier molecular flexibility index (Phi) is 6.96. The third kappa shape index (κ3) is 4.23. The zero-order valence-corrected chi connectivity index (χ0v) is 25.4. The van der Waals surface area contributed by atoms with Crippen molar-refractivity contribution in [2.45, 2.75) is 24.4 Å². The Labute approximate surface area is 265 Å². The molecule has 1 saturated heterocycles. The number of para-hydroxylation sites is 1. The number of hydrogen-bond acceptors (Lipinski definition) is 8. The molecule has 0 aromatic heterocycles. The topological polar surface area (TPSA) is 111 Å². The fourth-order valence-electron chi connectivity index (χ4n) is 7.37. The van der Waals surface area contributed by atoms with Crippen LogP contribution in [0.4, 0.5) is 5.69 Å². The average Bonchev–Trinajstić information content (AvgIpc) is 3.55. The molecule has 1 fully saturated rings. The molecule has 0 bridgehead atoms. The second-order valence-corrected chi connectivity index (χ2v) is 11.5. The Morgan fingerprint density at radius 2 is 1.54 bits per heavy atom. The number of esters is 1. The van der Waals surface area contributed by atoms with E-state index in [2.05, 4.69) is 5.32 Å². The number of fused-ring (bicyclic) bond motifs is 6. The number of anilines is 1. The van der Waals surface area contributed by atoms with Gasteiger partial charge in [-0.3, -0.25) is 19.2 Å². The summed E-state index contributed by atoms with van der Waals surface area (Å²) in [6, 6.07) is 24.4. The number of hydrogen-bond donors (Lipinski definition) is 1. The highest BCUT2D eigenvalue weighted by molar-refractivity contribution is 6.17. The lowest BCUT2D eigenvalue weighted by Gasteiger charge is -2.38. The number of carbonyl (C=O) groups excluding carboxylic acids is 4. The first-order valence-corrected chi connectivity index (χ1v) is 14.8. The van der Waals surface area contributed by atoms with Crippen molar-refractivity contribution in [1.82, 2.24) is 4.90 Å². The molecule has 9 heteroatoms. The summed E-state index contributed by atoms with van der Waals surface area (Å²) in [5.74, 6) is -1.83. The molecule has 0 radical (unpaired) electrons. The largest absolute Gasteiger partial charge is 0.497 e. The molecule has 3 aliphatic rings. The van der Waals surface area contributed by atoms with Gasteiger partial charge in [-0.25, -0.2) is 0 Å². The summed E-state index contributed by atoms with van der Waals surface area (Å²) < 4.78 is 16.3. The van der Waals surface area contributed by atoms with Crippen LogP contribution in [0.15, 0.2) is 97.2 Å². The summed E-state index contributed by atoms with van der Waals surface area (Å²) in [4.78, 5) is 58.1. The summed E-state index contributed by atoms with van der Waals surface area (Å²) in [5.41, 5.74) is 1.95. The zero-order valence-electron chi connectivity index (χ0n) is 25.4. The normalized spacial score (nSPS) is 22.0. The van der Waals surface area contributed by atoms with Crippen LogP contribution in [0.1, 0.15) is 50.4 Å². The fraction of sp³-hybridized carbons (Fsp3) is 0.189. The van der Waals surface area contributed by atoms with E-state index in [1.54, 1.807) is 30.3 Å². The summed E-state index contributed by atoms with van der Waals surface area (Å²) >= 11 is 0. The summed E-state index contributed by atoms with van der Waals surface area (Å²) in [5, 5.41) is 3.05. The fourth-order valence-corrected chi connectivity index (χ4v) is 7.37. The van der Waals surface area contributed by atoms with Gasteiger partial charge in [-0.2, -0.15) is 0 Å². The summed E-state index contributed by atoms with van der Waals surface area (Å²) in [6.45, 7) is 1.30. The number of benzene rings is 4. The Morgan fingerprint density at radius 3 is 2.28 bits per heavy atom. The van der Waals surface area contributed by atoms with Crippen molar-refractivity contribution in [3.05, 3.63) is 125 Å². The van der Waals surface area contributed by atoms with Crippen molar-refractivity contribution in [3.63, 3.8) is 0 Å². The molecule has 3 aliphatic heterocycles. The van der Waals surface area contributed by atoms with Crippen LogP contribution in [0.5, 0.6) is 17.2 Å². The Bertz CT molecular complexity index is 1950. The molecule has 7 rings (SSSR count). The van der Waals surface area contributed by atoms with Crippen LogP contribution in [-0.2, 0) is 15.0 Å². The van der Waals surface area contributed by atoms with Gasteiger partial charge in [-0.15, -0.1) is 0 Å². The molecule has 230 valence electrons. The van der Waals surface area contributed by atoms with Crippen LogP contribution in [-0.4, -0.2) is 48.6 Å². The van der Waals surface area contributed by atoms with Crippen LogP contribution in [0, 0.1) is 5.92 Å². The SMILES string of the molecule is COc1ccc(OC)c(C(=O)[C@@H]2[C@@H](C(=O)c3ccc(OC(C)=O)cc3)N3C=Cc4ccccc4[C@@H]3[C@]23C(=O)Nc2ccccc23)c1. The molecule has 0 aliphatic carbocycles. The number of rotatable bonds is 7. The van der Waals surface area contributed by atoms with E-state index in [1.807, 2.05) is 65.7 Å². The van der Waals surface area contributed by atoms with Gasteiger partial charge in [0.2, 0.25) is 5.91 Å². The van der Waals surface area contributed by atoms with Gasteiger partial charge < -0.3 is 24.4 Å². The maximum atomic E-state index is 15.2. The number of carbonyl (C=O) groups is 4. The first-order chi connectivity index (χ1) is 22.3. The zero-order chi connectivity index (χ0) is 32.2. The number of ether oxygens (including phenoxy) is 3. The summed E-state index contributed by atoms with van der Waals surface area (Å²) in [6.07, 6.45) is 3.72. The standard InChI is InChI=1S/C37H30N2O7/c1-21(40)46-24-14-12-23(13-15-24)33(41)32-31(34(42)27-20-25(44-2)16-17-30(27)45-3)37(28-10-6-7-11-29(28)38-36(37)43)35-26-9-5-4-8-22(26)18-19-39(32)35/h4-20,31-32,35H,1-3H3,(H,38,43)/t31-,32-,35+,37+/m0/s1. The third-order valence-electron chi connectivity index (χ3n) is 9.19. The van der Waals surface area contributed by atoms with E-state index >= 15 is 4.79 Å². The molecule has 1 spiro atoms. The number of nitrogens with zero attached hydrogens (tertiary/aromatic N) is 1. The van der Waals surface area contributed by atoms with Gasteiger partial charge in [0.15, 0.2) is 11.6 Å². The molecule has 4 atom stereocenters. The molecular formula is C37H30N2O7. The van der Waals surface area contributed by atoms with E-state index < -0.39 is 35.2 Å². The van der Waals surface area contributed by atoms with Crippen molar-refractivity contribution in [3.8, 4) is 17.2 Å². The van der Waals surface area contributed by atoms with Crippen LogP contribution in [0.2, 0.25) is 0 Å². The van der Waals surface area contributed by atoms with Crippen LogP contribution >= 0.6 is 0 Å². The minimum Gasteiger partial charge on any atom is -0.497 e. The van der Waals surface area contributed by atoms with E-state index in [0.29, 0.717) is 28.3 Å². The van der Waals surface area contributed by atoms with E-state index in [0.717, 1.165) is 11.1 Å². The Balaban J connectivity index is 1.50. The molecule has 3 heterocycles. The van der Waals surface area contributed by atoms with Crippen molar-refractivity contribution in [2.24, 2.45) is 5.92 Å². The Morgan fingerprint density at radius 1 is 0.826 bits per heavy atom. The van der Waals surface area contributed by atoms with Gasteiger partial charge in [0.25, 0.3) is 0 Å². The first kappa shape index (κ1) is 29.0. The Hall–Kier alpha value is -5.70. The molecule has 4 aromatic rings. The lowest BCUT2D eigenvalue weighted by atomic mass is 9.62. The number of amides is 1. The molecule has 4 aromatic carbocycles. The minimum absolute atomic E-state index is 0.198. The highest BCUT2D eigenvalue weighted by atomic mass is 16.5. The van der Waals surface area contributed by atoms with Crippen molar-refractivity contribution < 1.29 is 33.4 Å². The molecule has 1 N–H and O–H groups in total. The highest BCUT2D eigenvalue weighted by Crippen LogP contribution is 2.62. The lowest BCUT2D eigenvalue weighted by molar-refractivity contribution is -0.131. The van der Waals surface area contributed by atoms with Gasteiger partial charge >= 0.3 is 5.97 Å². The number of nitrogens with one attached hydrogen (secondary N) is 1. The van der Waals surface area contributed by atoms with E-state index in [-0.39, 0.29) is 23.0 Å². The highest BCUT2D eigenvalue weighted by Gasteiger charge is 2.71. The van der Waals surface area contributed by atoms with Gasteiger partial charge in [0.05, 0.1) is 31.7 Å². The third-order valence-corrected chi connectivity index (χ3v) is 9.19. The van der Waals surface area contributed by atoms with E-state index in [1.165, 1.54) is 33.3 Å². The molecular weight excluding hydrogens is 584 g/mol. The smallest absolute Gasteiger partial charge is 0.308 e. The van der Waals surface area contributed by atoms with Gasteiger partial charge in [0, 0.05) is 24.4 Å². The maximum absolute atomic E-state index is 15.2. The predicted octanol–water partition coefficient (Wildman–Crippen LogP) is 5.61.